The number of ether oxygens (including phenoxy) is 1. The Kier molecular flexibility index (Phi) is 2.34. The topological polar surface area (TPSA) is 79.3 Å². The zero-order valence-electron chi connectivity index (χ0n) is 9.07. The average Bonchev–Trinajstić information content (AvgIpc) is 2.81. The summed E-state index contributed by atoms with van der Waals surface area (Å²) in [6.45, 7) is 3.02. The van der Waals surface area contributed by atoms with Crippen LogP contribution in [0.4, 0.5) is 5.82 Å². The summed E-state index contributed by atoms with van der Waals surface area (Å²) in [5, 5.41) is 20.9. The molecule has 2 aromatic rings. The van der Waals surface area contributed by atoms with Crippen LogP contribution < -0.4 is 4.90 Å². The summed E-state index contributed by atoms with van der Waals surface area (Å²) >= 11 is 0. The Morgan fingerprint density at radius 1 is 1.24 bits per heavy atom. The van der Waals surface area contributed by atoms with E-state index in [1.165, 1.54) is 4.52 Å². The monoisotopic (exact) mass is 230 g/mol. The van der Waals surface area contributed by atoms with E-state index in [9.17, 15) is 0 Å². The van der Waals surface area contributed by atoms with Gasteiger partial charge >= 0.3 is 0 Å². The molecule has 0 amide bonds. The molecule has 0 unspecified atom stereocenters. The number of nitriles is 1. The van der Waals surface area contributed by atoms with Crippen LogP contribution in [0.25, 0.3) is 5.65 Å². The molecule has 0 radical (unpaired) electrons. The average molecular weight is 230 g/mol. The van der Waals surface area contributed by atoms with E-state index >= 15 is 0 Å². The maximum Gasteiger partial charge on any atom is 0.256 e. The summed E-state index contributed by atoms with van der Waals surface area (Å²) in [7, 11) is 0. The molecule has 0 saturated carbocycles. The van der Waals surface area contributed by atoms with Gasteiger partial charge in [0, 0.05) is 13.1 Å². The molecule has 2 aromatic heterocycles. The Labute approximate surface area is 97.2 Å². The molecular weight excluding hydrogens is 220 g/mol. The third-order valence-electron chi connectivity index (χ3n) is 2.68. The van der Waals surface area contributed by atoms with Crippen molar-refractivity contribution in [3.05, 3.63) is 18.0 Å². The molecule has 0 aliphatic carbocycles. The van der Waals surface area contributed by atoms with Crippen LogP contribution in [-0.2, 0) is 4.74 Å². The minimum absolute atomic E-state index is 0.204. The SMILES string of the molecule is N#Cc1nnc2ccc(N3CCOCC3)nn12. The fourth-order valence-electron chi connectivity index (χ4n) is 1.81. The number of morpholine rings is 1. The van der Waals surface area contributed by atoms with Crippen LogP contribution in [0.15, 0.2) is 12.1 Å². The molecule has 0 aromatic carbocycles. The van der Waals surface area contributed by atoms with Crippen molar-refractivity contribution in [3.8, 4) is 6.07 Å². The number of hydrogen-bond donors (Lipinski definition) is 0. The molecule has 1 aliphatic heterocycles. The Balaban J connectivity index is 2.02. The van der Waals surface area contributed by atoms with Gasteiger partial charge in [-0.1, -0.05) is 0 Å². The molecule has 86 valence electrons. The number of aromatic nitrogens is 4. The van der Waals surface area contributed by atoms with Crippen molar-refractivity contribution in [2.75, 3.05) is 31.2 Å². The van der Waals surface area contributed by atoms with E-state index in [4.69, 9.17) is 10.00 Å². The van der Waals surface area contributed by atoms with E-state index in [-0.39, 0.29) is 5.82 Å². The maximum absolute atomic E-state index is 8.88. The molecule has 1 fully saturated rings. The molecule has 0 N–H and O–H groups in total. The van der Waals surface area contributed by atoms with Crippen LogP contribution in [0, 0.1) is 11.3 Å². The van der Waals surface area contributed by atoms with E-state index in [0.717, 1.165) is 18.9 Å². The van der Waals surface area contributed by atoms with Gasteiger partial charge in [0.25, 0.3) is 5.82 Å². The van der Waals surface area contributed by atoms with Crippen molar-refractivity contribution in [2.24, 2.45) is 0 Å². The lowest BCUT2D eigenvalue weighted by Gasteiger charge is -2.27. The van der Waals surface area contributed by atoms with Gasteiger partial charge in [-0.25, -0.2) is 0 Å². The van der Waals surface area contributed by atoms with E-state index in [2.05, 4.69) is 20.2 Å². The van der Waals surface area contributed by atoms with E-state index in [0.29, 0.717) is 18.9 Å². The number of hydrogen-bond acceptors (Lipinski definition) is 6. The van der Waals surface area contributed by atoms with E-state index in [1.54, 1.807) is 0 Å². The van der Waals surface area contributed by atoms with Crippen LogP contribution in [0.1, 0.15) is 5.82 Å². The van der Waals surface area contributed by atoms with Crippen molar-refractivity contribution in [2.45, 2.75) is 0 Å². The first kappa shape index (κ1) is 9.99. The minimum atomic E-state index is 0.204. The molecule has 0 atom stereocenters. The van der Waals surface area contributed by atoms with Gasteiger partial charge in [0.15, 0.2) is 5.65 Å². The molecular formula is C10H10N6O. The van der Waals surface area contributed by atoms with Crippen LogP contribution in [0.3, 0.4) is 0 Å². The van der Waals surface area contributed by atoms with E-state index < -0.39 is 0 Å². The molecule has 7 heteroatoms. The number of rotatable bonds is 1. The second-order valence-electron chi connectivity index (χ2n) is 3.70. The summed E-state index contributed by atoms with van der Waals surface area (Å²) in [4.78, 5) is 2.12. The Bertz CT molecular complexity index is 580. The van der Waals surface area contributed by atoms with Crippen LogP contribution in [0.5, 0.6) is 0 Å². The summed E-state index contributed by atoms with van der Waals surface area (Å²) in [5.41, 5.74) is 0.582. The Morgan fingerprint density at radius 3 is 2.82 bits per heavy atom. The lowest BCUT2D eigenvalue weighted by Crippen LogP contribution is -2.37. The van der Waals surface area contributed by atoms with Gasteiger partial charge in [0.1, 0.15) is 11.9 Å². The van der Waals surface area contributed by atoms with Gasteiger partial charge in [-0.3, -0.25) is 0 Å². The fraction of sp³-hybridized carbons (Fsp3) is 0.400. The van der Waals surface area contributed by atoms with Crippen molar-refractivity contribution < 1.29 is 4.74 Å². The second-order valence-corrected chi connectivity index (χ2v) is 3.70. The Morgan fingerprint density at radius 2 is 2.06 bits per heavy atom. The quantitative estimate of drug-likeness (QED) is 0.676. The third-order valence-corrected chi connectivity index (χ3v) is 2.68. The van der Waals surface area contributed by atoms with Gasteiger partial charge in [-0.15, -0.1) is 15.3 Å². The van der Waals surface area contributed by atoms with Crippen molar-refractivity contribution in [1.29, 1.82) is 5.26 Å². The summed E-state index contributed by atoms with van der Waals surface area (Å²) in [5.74, 6) is 1.02. The van der Waals surface area contributed by atoms with Gasteiger partial charge in [-0.2, -0.15) is 9.78 Å². The first-order valence-corrected chi connectivity index (χ1v) is 5.34. The molecule has 0 bridgehead atoms. The van der Waals surface area contributed by atoms with Crippen molar-refractivity contribution >= 4 is 11.5 Å². The standard InChI is InChI=1S/C10H10N6O/c11-7-10-13-12-8-1-2-9(14-16(8)10)15-3-5-17-6-4-15/h1-2H,3-6H2. The zero-order chi connectivity index (χ0) is 11.7. The predicted octanol–water partition coefficient (Wildman–Crippen LogP) is -0.167. The third kappa shape index (κ3) is 1.68. The molecule has 3 rings (SSSR count). The number of nitrogens with zero attached hydrogens (tertiary/aromatic N) is 6. The first-order valence-electron chi connectivity index (χ1n) is 5.34. The largest absolute Gasteiger partial charge is 0.378 e. The van der Waals surface area contributed by atoms with Gasteiger partial charge in [0.2, 0.25) is 0 Å². The van der Waals surface area contributed by atoms with Gasteiger partial charge in [0.05, 0.1) is 13.2 Å². The molecule has 1 aliphatic rings. The second kappa shape index (κ2) is 3.99. The van der Waals surface area contributed by atoms with Crippen LogP contribution in [-0.4, -0.2) is 46.1 Å². The summed E-state index contributed by atoms with van der Waals surface area (Å²) in [6.07, 6.45) is 0. The highest BCUT2D eigenvalue weighted by molar-refractivity contribution is 5.46. The smallest absolute Gasteiger partial charge is 0.256 e. The fourth-order valence-corrected chi connectivity index (χ4v) is 1.81. The summed E-state index contributed by atoms with van der Waals surface area (Å²) < 4.78 is 6.75. The highest BCUT2D eigenvalue weighted by Crippen LogP contribution is 2.13. The van der Waals surface area contributed by atoms with Gasteiger partial charge in [-0.05, 0) is 12.1 Å². The first-order chi connectivity index (χ1) is 8.38. The number of anilines is 1. The highest BCUT2D eigenvalue weighted by atomic mass is 16.5. The van der Waals surface area contributed by atoms with Crippen molar-refractivity contribution in [1.82, 2.24) is 19.8 Å². The lowest BCUT2D eigenvalue weighted by molar-refractivity contribution is 0.122. The molecule has 3 heterocycles. The normalized spacial score (nSPS) is 16.1. The van der Waals surface area contributed by atoms with Crippen molar-refractivity contribution in [3.63, 3.8) is 0 Å². The van der Waals surface area contributed by atoms with Gasteiger partial charge < -0.3 is 9.64 Å². The van der Waals surface area contributed by atoms with Crippen LogP contribution in [0.2, 0.25) is 0 Å². The maximum atomic E-state index is 8.88. The van der Waals surface area contributed by atoms with E-state index in [1.807, 2.05) is 18.2 Å². The lowest BCUT2D eigenvalue weighted by atomic mass is 10.4. The molecule has 1 saturated heterocycles. The Hall–Kier alpha value is -2.20. The predicted molar refractivity (Wildman–Crippen MR) is 58.5 cm³/mol. The highest BCUT2D eigenvalue weighted by Gasteiger charge is 2.14. The minimum Gasteiger partial charge on any atom is -0.378 e. The molecule has 17 heavy (non-hydrogen) atoms. The van der Waals surface area contributed by atoms with Crippen LogP contribution >= 0.6 is 0 Å². The molecule has 7 nitrogen and oxygen atoms in total. The summed E-state index contributed by atoms with van der Waals surface area (Å²) in [6, 6.07) is 5.66. The zero-order valence-corrected chi connectivity index (χ0v) is 9.07. The molecule has 0 spiro atoms. The number of fused-ring (bicyclic) bond motifs is 1.